The van der Waals surface area contributed by atoms with Gasteiger partial charge in [0.25, 0.3) is 5.91 Å². The van der Waals surface area contributed by atoms with Crippen LogP contribution in [0.5, 0.6) is 11.5 Å². The summed E-state index contributed by atoms with van der Waals surface area (Å²) in [6, 6.07) is 11.4. The summed E-state index contributed by atoms with van der Waals surface area (Å²) in [4.78, 5) is 25.9. The Balaban J connectivity index is 1.89. The topological polar surface area (TPSA) is 76.1 Å². The number of aromatic carboxylic acids is 1. The molecular weight excluding hydrogens is 410 g/mol. The van der Waals surface area contributed by atoms with Gasteiger partial charge in [0, 0.05) is 0 Å². The van der Waals surface area contributed by atoms with Gasteiger partial charge in [-0.05, 0) is 42.0 Å². The maximum absolute atomic E-state index is 12.9. The van der Waals surface area contributed by atoms with E-state index in [2.05, 4.69) is 6.58 Å². The number of amides is 1. The number of carbonyl (C=O) groups is 2. The molecule has 1 fully saturated rings. The van der Waals surface area contributed by atoms with Gasteiger partial charge in [0.05, 0.1) is 23.3 Å². The van der Waals surface area contributed by atoms with Gasteiger partial charge in [-0.3, -0.25) is 9.69 Å². The second-order valence-electron chi connectivity index (χ2n) is 5.88. The van der Waals surface area contributed by atoms with Crippen molar-refractivity contribution in [2.24, 2.45) is 0 Å². The minimum Gasteiger partial charge on any atom is -0.493 e. The first-order valence-corrected chi connectivity index (χ1v) is 9.70. The van der Waals surface area contributed by atoms with Gasteiger partial charge < -0.3 is 14.6 Å². The number of carboxylic acid groups (broad SMARTS) is 1. The molecule has 6 nitrogen and oxygen atoms in total. The van der Waals surface area contributed by atoms with E-state index in [1.165, 1.54) is 24.1 Å². The van der Waals surface area contributed by atoms with Crippen LogP contribution in [0.3, 0.4) is 0 Å². The molecule has 0 unspecified atom stereocenters. The third-order valence-electron chi connectivity index (χ3n) is 3.99. The molecule has 0 radical (unpaired) electrons. The molecule has 148 valence electrons. The summed E-state index contributed by atoms with van der Waals surface area (Å²) >= 11 is 6.50. The highest BCUT2D eigenvalue weighted by molar-refractivity contribution is 8.27. The second-order valence-corrected chi connectivity index (χ2v) is 7.56. The van der Waals surface area contributed by atoms with E-state index in [0.29, 0.717) is 33.0 Å². The number of thioether (sulfide) groups is 1. The average molecular weight is 428 g/mol. The molecule has 2 aromatic rings. The fourth-order valence-electron chi connectivity index (χ4n) is 2.66. The Morgan fingerprint density at radius 2 is 2.07 bits per heavy atom. The molecule has 1 amide bonds. The van der Waals surface area contributed by atoms with Crippen LogP contribution in [0.2, 0.25) is 0 Å². The number of carbonyl (C=O) groups excluding carboxylic acids is 1. The maximum atomic E-state index is 12.9. The minimum absolute atomic E-state index is 0.0837. The van der Waals surface area contributed by atoms with E-state index in [9.17, 15) is 14.7 Å². The molecule has 0 spiro atoms. The van der Waals surface area contributed by atoms with Gasteiger partial charge in [-0.1, -0.05) is 48.8 Å². The molecule has 1 aliphatic rings. The lowest BCUT2D eigenvalue weighted by Crippen LogP contribution is -2.27. The Labute approximate surface area is 177 Å². The lowest BCUT2D eigenvalue weighted by molar-refractivity contribution is -0.113. The number of hydrogen-bond donors (Lipinski definition) is 1. The molecule has 0 aromatic heterocycles. The minimum atomic E-state index is -1.07. The number of hydrogen-bond acceptors (Lipinski definition) is 6. The van der Waals surface area contributed by atoms with Crippen molar-refractivity contribution < 1.29 is 24.2 Å². The Morgan fingerprint density at radius 1 is 1.28 bits per heavy atom. The molecule has 29 heavy (non-hydrogen) atoms. The Kier molecular flexibility index (Phi) is 6.36. The van der Waals surface area contributed by atoms with Crippen molar-refractivity contribution in [1.29, 1.82) is 0 Å². The number of benzene rings is 2. The van der Waals surface area contributed by atoms with Crippen molar-refractivity contribution >= 4 is 51.9 Å². The predicted octanol–water partition coefficient (Wildman–Crippen LogP) is 4.36. The van der Waals surface area contributed by atoms with Crippen LogP contribution >= 0.6 is 24.0 Å². The lowest BCUT2D eigenvalue weighted by Gasteiger charge is -2.14. The molecule has 3 rings (SSSR count). The van der Waals surface area contributed by atoms with Crippen LogP contribution in [0.4, 0.5) is 5.69 Å². The van der Waals surface area contributed by atoms with E-state index < -0.39 is 5.97 Å². The van der Waals surface area contributed by atoms with Crippen LogP contribution in [-0.2, 0) is 4.79 Å². The molecule has 0 aliphatic carbocycles. The highest BCUT2D eigenvalue weighted by Gasteiger charge is 2.33. The first kappa shape index (κ1) is 20.6. The van der Waals surface area contributed by atoms with Gasteiger partial charge >= 0.3 is 5.97 Å². The monoisotopic (exact) mass is 427 g/mol. The first-order chi connectivity index (χ1) is 13.9. The lowest BCUT2D eigenvalue weighted by atomic mass is 10.1. The van der Waals surface area contributed by atoms with Gasteiger partial charge in [-0.2, -0.15) is 0 Å². The van der Waals surface area contributed by atoms with Gasteiger partial charge in [-0.15, -0.1) is 0 Å². The van der Waals surface area contributed by atoms with Gasteiger partial charge in [0.15, 0.2) is 15.8 Å². The molecule has 0 saturated carbocycles. The van der Waals surface area contributed by atoms with Crippen molar-refractivity contribution in [3.05, 3.63) is 71.2 Å². The molecule has 2 aromatic carbocycles. The number of thiocarbonyl (C=S) groups is 1. The highest BCUT2D eigenvalue weighted by Crippen LogP contribution is 2.37. The summed E-state index contributed by atoms with van der Waals surface area (Å²) in [5, 5.41) is 9.18. The molecule has 1 N–H and O–H groups in total. The summed E-state index contributed by atoms with van der Waals surface area (Å²) in [5.74, 6) is -0.278. The second kappa shape index (κ2) is 8.93. The Morgan fingerprint density at radius 3 is 2.76 bits per heavy atom. The molecular formula is C21H17NO5S2. The summed E-state index contributed by atoms with van der Waals surface area (Å²) < 4.78 is 11.2. The molecule has 0 atom stereocenters. The quantitative estimate of drug-likeness (QED) is 0.400. The number of anilines is 1. The van der Waals surface area contributed by atoms with Crippen LogP contribution < -0.4 is 14.4 Å². The van der Waals surface area contributed by atoms with E-state index in [4.69, 9.17) is 21.7 Å². The summed E-state index contributed by atoms with van der Waals surface area (Å²) in [6.07, 6.45) is 3.35. The number of nitrogens with zero attached hydrogens (tertiary/aromatic N) is 1. The molecule has 0 bridgehead atoms. The summed E-state index contributed by atoms with van der Waals surface area (Å²) in [7, 11) is 1.54. The van der Waals surface area contributed by atoms with Crippen LogP contribution in [0, 0.1) is 0 Å². The van der Waals surface area contributed by atoms with E-state index in [0.717, 1.165) is 17.3 Å². The SMILES string of the molecule is C=CCOc1ccc(/C=C2\SC(=S)N(c3cccc(C(=O)O)c3)C2=O)cc1OC. The van der Waals surface area contributed by atoms with Gasteiger partial charge in [0.2, 0.25) is 0 Å². The van der Waals surface area contributed by atoms with E-state index in [1.807, 2.05) is 0 Å². The van der Waals surface area contributed by atoms with Crippen molar-refractivity contribution in [3.63, 3.8) is 0 Å². The molecule has 1 heterocycles. The highest BCUT2D eigenvalue weighted by atomic mass is 32.2. The van der Waals surface area contributed by atoms with E-state index in [1.54, 1.807) is 42.5 Å². The third kappa shape index (κ3) is 4.49. The first-order valence-electron chi connectivity index (χ1n) is 8.47. The van der Waals surface area contributed by atoms with Gasteiger partial charge in [-0.25, -0.2) is 4.79 Å². The molecule has 1 saturated heterocycles. The van der Waals surface area contributed by atoms with Crippen molar-refractivity contribution in [3.8, 4) is 11.5 Å². The molecule has 1 aliphatic heterocycles. The smallest absolute Gasteiger partial charge is 0.335 e. The number of carboxylic acids is 1. The van der Waals surface area contributed by atoms with Crippen LogP contribution in [0.1, 0.15) is 15.9 Å². The fraction of sp³-hybridized carbons (Fsp3) is 0.0952. The summed E-state index contributed by atoms with van der Waals surface area (Å²) in [6.45, 7) is 3.97. The standard InChI is InChI=1S/C21H17NO5S2/c1-3-9-27-16-8-7-13(10-17(16)26-2)11-18-19(23)22(21(28)29-18)15-6-4-5-14(12-15)20(24)25/h3-8,10-12H,1,9H2,2H3,(H,24,25)/b18-11-. The summed E-state index contributed by atoms with van der Waals surface area (Å²) in [5.41, 5.74) is 1.24. The zero-order valence-electron chi connectivity index (χ0n) is 15.5. The van der Waals surface area contributed by atoms with Crippen molar-refractivity contribution in [1.82, 2.24) is 0 Å². The van der Waals surface area contributed by atoms with Crippen LogP contribution in [0.15, 0.2) is 60.0 Å². The maximum Gasteiger partial charge on any atom is 0.335 e. The van der Waals surface area contributed by atoms with Crippen LogP contribution in [-0.4, -0.2) is 35.0 Å². The fourth-order valence-corrected chi connectivity index (χ4v) is 3.96. The largest absolute Gasteiger partial charge is 0.493 e. The Bertz CT molecular complexity index is 1030. The number of methoxy groups -OCH3 is 1. The number of ether oxygens (including phenoxy) is 2. The zero-order chi connectivity index (χ0) is 21.0. The predicted molar refractivity (Wildman–Crippen MR) is 118 cm³/mol. The van der Waals surface area contributed by atoms with Crippen molar-refractivity contribution in [2.75, 3.05) is 18.6 Å². The third-order valence-corrected chi connectivity index (χ3v) is 5.29. The van der Waals surface area contributed by atoms with Crippen molar-refractivity contribution in [2.45, 2.75) is 0 Å². The van der Waals surface area contributed by atoms with E-state index >= 15 is 0 Å². The molecule has 8 heteroatoms. The number of rotatable bonds is 7. The Hall–Kier alpha value is -3.10. The van der Waals surface area contributed by atoms with Gasteiger partial charge in [0.1, 0.15) is 6.61 Å². The van der Waals surface area contributed by atoms with E-state index in [-0.39, 0.29) is 11.5 Å². The van der Waals surface area contributed by atoms with Crippen LogP contribution in [0.25, 0.3) is 6.08 Å². The average Bonchev–Trinajstić information content (AvgIpc) is 2.99. The zero-order valence-corrected chi connectivity index (χ0v) is 17.1. The normalized spacial score (nSPS) is 14.9.